The number of carbonyl (C=O) groups excluding carboxylic acids is 2. The molecule has 8 heteroatoms. The highest BCUT2D eigenvalue weighted by atomic mass is 16.5. The van der Waals surface area contributed by atoms with Gasteiger partial charge in [0, 0.05) is 25.0 Å². The highest BCUT2D eigenvalue weighted by Gasteiger charge is 2.35. The summed E-state index contributed by atoms with van der Waals surface area (Å²) in [7, 11) is 0. The maximum absolute atomic E-state index is 12.3. The molecule has 0 saturated carbocycles. The first kappa shape index (κ1) is 21.8. The monoisotopic (exact) mass is 438 g/mol. The lowest BCUT2D eigenvalue weighted by Gasteiger charge is -2.19. The number of carboxylic acid groups (broad SMARTS) is 1. The fourth-order valence-corrected chi connectivity index (χ4v) is 4.42. The molecule has 2 aromatic rings. The Hall–Kier alpha value is -3.39. The lowest BCUT2D eigenvalue weighted by atomic mass is 9.98. The van der Waals surface area contributed by atoms with Crippen molar-refractivity contribution in [3.05, 3.63) is 59.7 Å². The summed E-state index contributed by atoms with van der Waals surface area (Å²) in [5, 5.41) is 14.5. The molecular weight excluding hydrogens is 412 g/mol. The SMILES string of the molecule is CC(CC(=O)N[C@@H]1CCO[C@@H]1C(=O)O)NC(=O)OCC1c2ccccc2-c2ccccc21. The second-order valence-corrected chi connectivity index (χ2v) is 8.17. The molecule has 0 aromatic heterocycles. The van der Waals surface area contributed by atoms with E-state index in [2.05, 4.69) is 22.8 Å². The predicted octanol–water partition coefficient (Wildman–Crippen LogP) is 2.66. The van der Waals surface area contributed by atoms with E-state index >= 15 is 0 Å². The van der Waals surface area contributed by atoms with Crippen LogP contribution < -0.4 is 10.6 Å². The number of hydrogen-bond acceptors (Lipinski definition) is 5. The normalized spacial score (nSPS) is 20.2. The van der Waals surface area contributed by atoms with Gasteiger partial charge in [-0.05, 0) is 35.6 Å². The summed E-state index contributed by atoms with van der Waals surface area (Å²) >= 11 is 0. The van der Waals surface area contributed by atoms with Gasteiger partial charge >= 0.3 is 12.1 Å². The molecule has 1 fully saturated rings. The topological polar surface area (TPSA) is 114 Å². The minimum Gasteiger partial charge on any atom is -0.479 e. The third-order valence-electron chi connectivity index (χ3n) is 5.88. The highest BCUT2D eigenvalue weighted by molar-refractivity contribution is 5.81. The Balaban J connectivity index is 1.28. The molecule has 3 N–H and O–H groups in total. The van der Waals surface area contributed by atoms with Gasteiger partial charge in [-0.3, -0.25) is 4.79 Å². The molecule has 2 amide bonds. The van der Waals surface area contributed by atoms with Crippen molar-refractivity contribution in [2.24, 2.45) is 0 Å². The van der Waals surface area contributed by atoms with Crippen LogP contribution in [-0.4, -0.2) is 54.5 Å². The summed E-state index contributed by atoms with van der Waals surface area (Å²) in [6.07, 6.45) is -1.19. The molecule has 1 aliphatic carbocycles. The van der Waals surface area contributed by atoms with Crippen LogP contribution in [0.3, 0.4) is 0 Å². The molecule has 168 valence electrons. The van der Waals surface area contributed by atoms with E-state index in [9.17, 15) is 14.4 Å². The molecule has 1 heterocycles. The number of benzene rings is 2. The van der Waals surface area contributed by atoms with Crippen LogP contribution in [0.5, 0.6) is 0 Å². The van der Waals surface area contributed by atoms with Gasteiger partial charge in [-0.1, -0.05) is 48.5 Å². The van der Waals surface area contributed by atoms with Gasteiger partial charge in [-0.2, -0.15) is 0 Å². The third-order valence-corrected chi connectivity index (χ3v) is 5.88. The van der Waals surface area contributed by atoms with Gasteiger partial charge in [-0.25, -0.2) is 9.59 Å². The zero-order valence-corrected chi connectivity index (χ0v) is 17.7. The van der Waals surface area contributed by atoms with Crippen molar-refractivity contribution >= 4 is 18.0 Å². The minimum absolute atomic E-state index is 0.00698. The van der Waals surface area contributed by atoms with Crippen molar-refractivity contribution in [3.63, 3.8) is 0 Å². The molecule has 32 heavy (non-hydrogen) atoms. The number of nitrogens with one attached hydrogen (secondary N) is 2. The van der Waals surface area contributed by atoms with Gasteiger partial charge < -0.3 is 25.2 Å². The van der Waals surface area contributed by atoms with Crippen molar-refractivity contribution in [1.82, 2.24) is 10.6 Å². The fourth-order valence-electron chi connectivity index (χ4n) is 4.42. The Kier molecular flexibility index (Phi) is 6.41. The summed E-state index contributed by atoms with van der Waals surface area (Å²) in [6.45, 7) is 2.18. The van der Waals surface area contributed by atoms with Gasteiger partial charge in [0.25, 0.3) is 0 Å². The quantitative estimate of drug-likeness (QED) is 0.612. The number of fused-ring (bicyclic) bond motifs is 3. The van der Waals surface area contributed by atoms with E-state index in [0.29, 0.717) is 6.42 Å². The number of aliphatic carboxylic acids is 1. The molecule has 4 rings (SSSR count). The lowest BCUT2D eigenvalue weighted by molar-refractivity contribution is -0.148. The Bertz CT molecular complexity index is 978. The Labute approximate surface area is 185 Å². The second kappa shape index (κ2) is 9.40. The number of amides is 2. The van der Waals surface area contributed by atoms with Crippen LogP contribution in [0.2, 0.25) is 0 Å². The lowest BCUT2D eigenvalue weighted by Crippen LogP contribution is -2.46. The van der Waals surface area contributed by atoms with Crippen molar-refractivity contribution in [1.29, 1.82) is 0 Å². The largest absolute Gasteiger partial charge is 0.479 e. The zero-order chi connectivity index (χ0) is 22.7. The van der Waals surface area contributed by atoms with E-state index in [1.165, 1.54) is 0 Å². The standard InChI is InChI=1S/C24H26N2O6/c1-14(12-21(27)26-20-10-11-31-22(20)23(28)29)25-24(30)32-13-19-17-8-4-2-6-15(17)16-7-3-5-9-18(16)19/h2-9,14,19-20,22H,10-13H2,1H3,(H,25,30)(H,26,27)(H,28,29)/t14?,20-,22+/m1/s1. The van der Waals surface area contributed by atoms with Crippen molar-refractivity contribution in [2.45, 2.75) is 43.9 Å². The van der Waals surface area contributed by atoms with Crippen molar-refractivity contribution < 1.29 is 29.0 Å². The molecule has 2 aromatic carbocycles. The van der Waals surface area contributed by atoms with E-state index < -0.39 is 30.3 Å². The molecule has 1 aliphatic heterocycles. The van der Waals surface area contributed by atoms with Crippen LogP contribution in [0.25, 0.3) is 11.1 Å². The van der Waals surface area contributed by atoms with Gasteiger partial charge in [0.15, 0.2) is 6.10 Å². The summed E-state index contributed by atoms with van der Waals surface area (Å²) in [4.78, 5) is 35.7. The number of ether oxygens (including phenoxy) is 2. The summed E-state index contributed by atoms with van der Waals surface area (Å²) in [6, 6.07) is 15.1. The third kappa shape index (κ3) is 4.60. The molecule has 2 aliphatic rings. The first-order valence-electron chi connectivity index (χ1n) is 10.7. The highest BCUT2D eigenvalue weighted by Crippen LogP contribution is 2.44. The van der Waals surface area contributed by atoms with Crippen LogP contribution >= 0.6 is 0 Å². The maximum Gasteiger partial charge on any atom is 0.407 e. The molecule has 1 unspecified atom stereocenters. The molecule has 1 saturated heterocycles. The second-order valence-electron chi connectivity index (χ2n) is 8.17. The average Bonchev–Trinajstić information content (AvgIpc) is 3.34. The number of carboxylic acids is 1. The average molecular weight is 438 g/mol. The Morgan fingerprint density at radius 3 is 2.34 bits per heavy atom. The van der Waals surface area contributed by atoms with Gasteiger partial charge in [-0.15, -0.1) is 0 Å². The number of rotatable bonds is 7. The Morgan fingerprint density at radius 1 is 1.09 bits per heavy atom. The van der Waals surface area contributed by atoms with Crippen LogP contribution in [0, 0.1) is 0 Å². The van der Waals surface area contributed by atoms with E-state index in [-0.39, 0.29) is 31.5 Å². The molecule has 3 atom stereocenters. The van der Waals surface area contributed by atoms with Crippen molar-refractivity contribution in [2.75, 3.05) is 13.2 Å². The van der Waals surface area contributed by atoms with Gasteiger partial charge in [0.2, 0.25) is 5.91 Å². The van der Waals surface area contributed by atoms with Crippen LogP contribution in [0.1, 0.15) is 36.8 Å². The van der Waals surface area contributed by atoms with Crippen LogP contribution in [-0.2, 0) is 19.1 Å². The van der Waals surface area contributed by atoms with E-state index in [0.717, 1.165) is 22.3 Å². The van der Waals surface area contributed by atoms with Gasteiger partial charge in [0.05, 0.1) is 6.04 Å². The first-order chi connectivity index (χ1) is 15.4. The molecule has 0 radical (unpaired) electrons. The van der Waals surface area contributed by atoms with Crippen LogP contribution in [0.15, 0.2) is 48.5 Å². The zero-order valence-electron chi connectivity index (χ0n) is 17.7. The molecule has 0 spiro atoms. The number of hydrogen-bond donors (Lipinski definition) is 3. The molecular formula is C24H26N2O6. The van der Waals surface area contributed by atoms with Crippen molar-refractivity contribution in [3.8, 4) is 11.1 Å². The Morgan fingerprint density at radius 2 is 1.72 bits per heavy atom. The fraction of sp³-hybridized carbons (Fsp3) is 0.375. The van der Waals surface area contributed by atoms with E-state index in [1.54, 1.807) is 6.92 Å². The van der Waals surface area contributed by atoms with E-state index in [1.807, 2.05) is 36.4 Å². The molecule has 8 nitrogen and oxygen atoms in total. The predicted molar refractivity (Wildman–Crippen MR) is 116 cm³/mol. The number of carbonyl (C=O) groups is 3. The van der Waals surface area contributed by atoms with Gasteiger partial charge in [0.1, 0.15) is 6.61 Å². The van der Waals surface area contributed by atoms with E-state index in [4.69, 9.17) is 14.6 Å². The smallest absolute Gasteiger partial charge is 0.407 e. The summed E-state index contributed by atoms with van der Waals surface area (Å²) < 4.78 is 10.6. The first-order valence-corrected chi connectivity index (χ1v) is 10.7. The summed E-state index contributed by atoms with van der Waals surface area (Å²) in [5.41, 5.74) is 4.55. The summed E-state index contributed by atoms with van der Waals surface area (Å²) in [5.74, 6) is -1.49. The molecule has 0 bridgehead atoms. The maximum atomic E-state index is 12.3. The number of alkyl carbamates (subject to hydrolysis) is 1. The van der Waals surface area contributed by atoms with Crippen LogP contribution in [0.4, 0.5) is 4.79 Å². The minimum atomic E-state index is -1.10.